The van der Waals surface area contributed by atoms with Crippen molar-refractivity contribution in [2.24, 2.45) is 0 Å². The molecule has 0 atom stereocenters. The second-order valence-corrected chi connectivity index (χ2v) is 0. The summed E-state index contributed by atoms with van der Waals surface area (Å²) < 4.78 is 0. The van der Waals surface area contributed by atoms with Crippen LogP contribution in [0.4, 0.5) is 0 Å². The van der Waals surface area contributed by atoms with Crippen LogP contribution in [0.15, 0.2) is 0 Å². The second-order valence-electron chi connectivity index (χ2n) is 0. The van der Waals surface area contributed by atoms with Gasteiger partial charge in [0, 0.05) is 0 Å². The summed E-state index contributed by atoms with van der Waals surface area (Å²) in [4.78, 5) is 0. The van der Waals surface area contributed by atoms with Gasteiger partial charge in [0.2, 0.25) is 0 Å². The van der Waals surface area contributed by atoms with Crippen LogP contribution in [0.1, 0.15) is 0 Å². The predicted octanol–water partition coefficient (Wildman–Crippen LogP) is -0.485. The summed E-state index contributed by atoms with van der Waals surface area (Å²) in [6.45, 7) is 0. The van der Waals surface area contributed by atoms with E-state index in [1.54, 1.807) is 0 Å². The normalized spacial score (nSPS) is 0. The molecule has 0 radical (unpaired) electrons. The van der Waals surface area contributed by atoms with Crippen LogP contribution < -0.4 is 0 Å². The van der Waals surface area contributed by atoms with Crippen LogP contribution in [0, 0.1) is 0 Å². The molecule has 0 amide bonds. The van der Waals surface area contributed by atoms with Crippen LogP contribution in [0.25, 0.3) is 0 Å². The molecule has 0 aliphatic carbocycles. The predicted molar refractivity (Wildman–Crippen MR) is 2.75 cm³/mol. The van der Waals surface area contributed by atoms with Gasteiger partial charge in [-0.05, 0) is 0 Å². The summed E-state index contributed by atoms with van der Waals surface area (Å²) in [5.74, 6) is 0. The minimum Gasteiger partial charge on any atom is -2.00 e. The average Bonchev–Trinajstić information content (AvgIpc) is 0. The first-order chi connectivity index (χ1) is 0. The smallest absolute Gasteiger partial charge is 2.00 e. The Morgan fingerprint density at radius 1 is 0.250 bits per heavy atom. The summed E-state index contributed by atoms with van der Waals surface area (Å²) in [6.07, 6.45) is 0. The van der Waals surface area contributed by atoms with Gasteiger partial charge in [-0.25, -0.2) is 0 Å². The first-order valence-electron chi connectivity index (χ1n) is 0. The Labute approximate surface area is 107 Å². The van der Waals surface area contributed by atoms with Gasteiger partial charge in [-0.3, -0.25) is 0 Å². The maximum atomic E-state index is 0. The largest absolute Gasteiger partial charge is 4.00 e. The Morgan fingerprint density at radius 2 is 0.250 bits per heavy atom. The van der Waals surface area contributed by atoms with E-state index in [1.165, 1.54) is 0 Å². The Kier molecular flexibility index (Phi) is 1740. The Balaban J connectivity index is 0. The van der Waals surface area contributed by atoms with Crippen molar-refractivity contribution in [2.45, 2.75) is 0 Å². The van der Waals surface area contributed by atoms with Crippen LogP contribution in [-0.4, -0.2) is 0 Å². The molecule has 0 rings (SSSR count). The zero-order chi connectivity index (χ0) is 0. The molecule has 0 N–H and O–H groups in total. The summed E-state index contributed by atoms with van der Waals surface area (Å²) in [6, 6.07) is 0. The molecule has 0 aliphatic rings. The van der Waals surface area contributed by atoms with E-state index in [0.29, 0.717) is 0 Å². The monoisotopic (exact) mass is 256 g/mol. The molecule has 0 aliphatic heterocycles. The third-order valence-electron chi connectivity index (χ3n) is 0. The fourth-order valence-corrected chi connectivity index (χ4v) is 0. The summed E-state index contributed by atoms with van der Waals surface area (Å²) in [5.41, 5.74) is 0. The molecular weight excluding hydrogens is 255 g/mol. The van der Waals surface area contributed by atoms with E-state index in [2.05, 4.69) is 0 Å². The van der Waals surface area contributed by atoms with Crippen LogP contribution in [-0.2, 0) is 109 Å². The van der Waals surface area contributed by atoms with Gasteiger partial charge in [-0.15, -0.1) is 0 Å². The second kappa shape index (κ2) is 101. The van der Waals surface area contributed by atoms with Gasteiger partial charge in [-0.2, -0.15) is 0 Å². The SMILES string of the molecule is [O-2].[O-2].[O-2].[O-2].[Ti+4].[Ti+4].[Ti+4].[Ti+4]. The Hall–Kier alpha value is 2.70. The van der Waals surface area contributed by atoms with Gasteiger partial charge in [0.1, 0.15) is 0 Å². The zero-order valence-electron chi connectivity index (χ0n) is 3.63. The standard InChI is InChI=1S/4O.4Ti/q4*-2;4*+4. The number of hydrogen-bond acceptors (Lipinski definition) is 0. The van der Waals surface area contributed by atoms with Crippen LogP contribution in [0.5, 0.6) is 0 Å². The third kappa shape index (κ3) is 70.8. The molecule has 0 saturated carbocycles. The first kappa shape index (κ1) is 138. The van der Waals surface area contributed by atoms with Crippen molar-refractivity contribution in [3.63, 3.8) is 0 Å². The number of rotatable bonds is 0. The summed E-state index contributed by atoms with van der Waals surface area (Å²) >= 11 is 0. The molecular formula is O4Ti4+8. The van der Waals surface area contributed by atoms with Crippen molar-refractivity contribution in [2.75, 3.05) is 0 Å². The van der Waals surface area contributed by atoms with Gasteiger partial charge >= 0.3 is 86.9 Å². The van der Waals surface area contributed by atoms with Gasteiger partial charge in [-0.1, -0.05) is 0 Å². The molecule has 0 bridgehead atoms. The fourth-order valence-electron chi connectivity index (χ4n) is 0. The van der Waals surface area contributed by atoms with Crippen LogP contribution in [0.2, 0.25) is 0 Å². The maximum absolute atomic E-state index is 0. The molecule has 0 spiro atoms. The minimum atomic E-state index is 0. The topological polar surface area (TPSA) is 114 Å². The molecule has 0 saturated heterocycles. The van der Waals surface area contributed by atoms with Gasteiger partial charge in [0.15, 0.2) is 0 Å². The summed E-state index contributed by atoms with van der Waals surface area (Å²) in [7, 11) is 0. The van der Waals surface area contributed by atoms with Gasteiger partial charge < -0.3 is 21.9 Å². The molecule has 4 nitrogen and oxygen atoms in total. The molecule has 0 aromatic heterocycles. The molecule has 0 aromatic carbocycles. The van der Waals surface area contributed by atoms with E-state index in [-0.39, 0.29) is 109 Å². The molecule has 8 heavy (non-hydrogen) atoms. The minimum absolute atomic E-state index is 0. The van der Waals surface area contributed by atoms with Crippen molar-refractivity contribution in [3.05, 3.63) is 0 Å². The summed E-state index contributed by atoms with van der Waals surface area (Å²) in [5, 5.41) is 0. The molecule has 0 aromatic rings. The van der Waals surface area contributed by atoms with E-state index in [0.717, 1.165) is 0 Å². The van der Waals surface area contributed by atoms with E-state index in [4.69, 9.17) is 0 Å². The molecule has 0 unspecified atom stereocenters. The number of hydrogen-bond donors (Lipinski definition) is 0. The van der Waals surface area contributed by atoms with E-state index in [1.807, 2.05) is 0 Å². The fraction of sp³-hybridized carbons (Fsp3) is 0. The maximum Gasteiger partial charge on any atom is 4.00 e. The zero-order valence-corrected chi connectivity index (χ0v) is 9.88. The van der Waals surface area contributed by atoms with E-state index in [9.17, 15) is 0 Å². The van der Waals surface area contributed by atoms with Gasteiger partial charge in [0.05, 0.1) is 0 Å². The molecule has 32 valence electrons. The van der Waals surface area contributed by atoms with Crippen LogP contribution >= 0.6 is 0 Å². The first-order valence-corrected chi connectivity index (χ1v) is 0. The van der Waals surface area contributed by atoms with Gasteiger partial charge in [0.25, 0.3) is 0 Å². The third-order valence-corrected chi connectivity index (χ3v) is 0. The van der Waals surface area contributed by atoms with Crippen molar-refractivity contribution in [1.82, 2.24) is 0 Å². The van der Waals surface area contributed by atoms with Crippen molar-refractivity contribution in [3.8, 4) is 0 Å². The quantitative estimate of drug-likeness (QED) is 0.520. The van der Waals surface area contributed by atoms with Crippen molar-refractivity contribution < 1.29 is 109 Å². The average molecular weight is 255 g/mol. The molecule has 0 heterocycles. The van der Waals surface area contributed by atoms with E-state index < -0.39 is 0 Å². The van der Waals surface area contributed by atoms with Crippen molar-refractivity contribution in [1.29, 1.82) is 0 Å². The van der Waals surface area contributed by atoms with E-state index >= 15 is 0 Å². The van der Waals surface area contributed by atoms with Crippen molar-refractivity contribution >= 4 is 0 Å². The molecule has 8 heteroatoms. The molecule has 0 fully saturated rings. The van der Waals surface area contributed by atoms with Crippen LogP contribution in [0.3, 0.4) is 0 Å². The Morgan fingerprint density at radius 3 is 0.250 bits per heavy atom. The Bertz CT molecular complexity index is 8.00.